The zero-order valence-corrected chi connectivity index (χ0v) is 19.7. The van der Waals surface area contributed by atoms with Gasteiger partial charge in [0.25, 0.3) is 5.91 Å². The predicted octanol–water partition coefficient (Wildman–Crippen LogP) is 5.73. The second-order valence-corrected chi connectivity index (χ2v) is 9.00. The Balaban J connectivity index is 1.60. The van der Waals surface area contributed by atoms with Crippen LogP contribution >= 0.6 is 47.2 Å². The van der Waals surface area contributed by atoms with Gasteiger partial charge in [-0.15, -0.1) is 0 Å². The normalized spacial score (nSPS) is 14.9. The van der Waals surface area contributed by atoms with Gasteiger partial charge < -0.3 is 9.47 Å². The van der Waals surface area contributed by atoms with Crippen LogP contribution in [0.15, 0.2) is 47.4 Å². The summed E-state index contributed by atoms with van der Waals surface area (Å²) in [6, 6.07) is 12.6. The lowest BCUT2D eigenvalue weighted by Gasteiger charge is -2.13. The highest BCUT2D eigenvalue weighted by atomic mass is 35.5. The number of esters is 1. The van der Waals surface area contributed by atoms with Gasteiger partial charge in [-0.3, -0.25) is 14.5 Å². The van der Waals surface area contributed by atoms with E-state index in [4.69, 9.17) is 44.9 Å². The molecule has 0 aliphatic carbocycles. The van der Waals surface area contributed by atoms with E-state index >= 15 is 0 Å². The topological polar surface area (TPSA) is 55.8 Å². The van der Waals surface area contributed by atoms with Gasteiger partial charge in [-0.25, -0.2) is 0 Å². The van der Waals surface area contributed by atoms with Gasteiger partial charge in [-0.1, -0.05) is 65.4 Å². The van der Waals surface area contributed by atoms with Crippen molar-refractivity contribution in [1.82, 2.24) is 4.90 Å². The Morgan fingerprint density at radius 2 is 1.94 bits per heavy atom. The molecule has 0 spiro atoms. The maximum Gasteiger partial charge on any atom is 0.307 e. The van der Waals surface area contributed by atoms with Crippen LogP contribution in [0.1, 0.15) is 24.5 Å². The molecule has 0 unspecified atom stereocenters. The summed E-state index contributed by atoms with van der Waals surface area (Å²) in [5.41, 5.74) is 1.67. The molecule has 3 rings (SSSR count). The van der Waals surface area contributed by atoms with Crippen LogP contribution < -0.4 is 4.74 Å². The van der Waals surface area contributed by atoms with Crippen molar-refractivity contribution < 1.29 is 19.1 Å². The van der Waals surface area contributed by atoms with Gasteiger partial charge in [-0.2, -0.15) is 0 Å². The molecule has 162 valence electrons. The van der Waals surface area contributed by atoms with Crippen LogP contribution in [0.5, 0.6) is 5.75 Å². The predicted molar refractivity (Wildman–Crippen MR) is 128 cm³/mol. The summed E-state index contributed by atoms with van der Waals surface area (Å²) in [5.74, 6) is 0.109. The number of nitrogens with zero attached hydrogens (tertiary/aromatic N) is 1. The molecule has 1 aliphatic rings. The molecule has 1 saturated heterocycles. The summed E-state index contributed by atoms with van der Waals surface area (Å²) in [7, 11) is 0. The number of amides is 1. The molecule has 5 nitrogen and oxygen atoms in total. The minimum absolute atomic E-state index is 0.108. The lowest BCUT2D eigenvalue weighted by molar-refractivity contribution is -0.143. The number of rotatable bonds is 8. The SMILES string of the molecule is CCOC(=O)CCN1C(=O)/C(=C/c2ccc(OCc3ccc(Cl)cc3Cl)cc2)SC1=S. The van der Waals surface area contributed by atoms with Crippen molar-refractivity contribution in [2.75, 3.05) is 13.2 Å². The molecule has 31 heavy (non-hydrogen) atoms. The second-order valence-electron chi connectivity index (χ2n) is 6.48. The summed E-state index contributed by atoms with van der Waals surface area (Å²) in [5, 5.41) is 1.12. The highest BCUT2D eigenvalue weighted by Gasteiger charge is 2.32. The van der Waals surface area contributed by atoms with Crippen molar-refractivity contribution >= 4 is 69.5 Å². The molecule has 2 aromatic carbocycles. The number of halogens is 2. The first-order valence-electron chi connectivity index (χ1n) is 9.45. The van der Waals surface area contributed by atoms with E-state index in [0.717, 1.165) is 11.1 Å². The molecule has 0 bridgehead atoms. The number of benzene rings is 2. The molecule has 1 aliphatic heterocycles. The van der Waals surface area contributed by atoms with E-state index in [9.17, 15) is 9.59 Å². The molecule has 0 aromatic heterocycles. The number of carbonyl (C=O) groups is 2. The van der Waals surface area contributed by atoms with Crippen LogP contribution in [0, 0.1) is 0 Å². The van der Waals surface area contributed by atoms with Gasteiger partial charge >= 0.3 is 5.97 Å². The number of thioether (sulfide) groups is 1. The maximum absolute atomic E-state index is 12.6. The molecule has 2 aromatic rings. The Hall–Kier alpha value is -2.06. The Morgan fingerprint density at radius 1 is 1.19 bits per heavy atom. The summed E-state index contributed by atoms with van der Waals surface area (Å²) in [6.07, 6.45) is 1.88. The van der Waals surface area contributed by atoms with Gasteiger partial charge in [0.2, 0.25) is 0 Å². The van der Waals surface area contributed by atoms with E-state index in [0.29, 0.717) is 38.2 Å². The van der Waals surface area contributed by atoms with E-state index in [1.165, 1.54) is 16.7 Å². The lowest BCUT2D eigenvalue weighted by atomic mass is 10.2. The molecule has 0 N–H and O–H groups in total. The molecule has 1 fully saturated rings. The van der Waals surface area contributed by atoms with Crippen LogP contribution in [0.3, 0.4) is 0 Å². The maximum atomic E-state index is 12.6. The minimum Gasteiger partial charge on any atom is -0.489 e. The Bertz CT molecular complexity index is 1020. The Morgan fingerprint density at radius 3 is 2.61 bits per heavy atom. The van der Waals surface area contributed by atoms with Crippen LogP contribution in [0.2, 0.25) is 10.0 Å². The smallest absolute Gasteiger partial charge is 0.307 e. The molecule has 0 atom stereocenters. The third-order valence-electron chi connectivity index (χ3n) is 4.31. The van der Waals surface area contributed by atoms with Gasteiger partial charge in [0.1, 0.15) is 16.7 Å². The van der Waals surface area contributed by atoms with Crippen molar-refractivity contribution in [2.24, 2.45) is 0 Å². The summed E-state index contributed by atoms with van der Waals surface area (Å²) >= 11 is 18.6. The molecule has 0 radical (unpaired) electrons. The highest BCUT2D eigenvalue weighted by Crippen LogP contribution is 2.33. The molecule has 1 heterocycles. The number of ether oxygens (including phenoxy) is 2. The van der Waals surface area contributed by atoms with Gasteiger partial charge in [-0.05, 0) is 42.8 Å². The zero-order chi connectivity index (χ0) is 22.4. The summed E-state index contributed by atoms with van der Waals surface area (Å²) < 4.78 is 11.1. The van der Waals surface area contributed by atoms with Crippen LogP contribution in [0.4, 0.5) is 0 Å². The highest BCUT2D eigenvalue weighted by molar-refractivity contribution is 8.26. The van der Waals surface area contributed by atoms with E-state index in [2.05, 4.69) is 0 Å². The van der Waals surface area contributed by atoms with E-state index < -0.39 is 0 Å². The standard InChI is InChI=1S/C22H19Cl2NO4S2/c1-2-28-20(26)9-10-25-21(27)19(31-22(25)30)11-14-3-7-17(8-4-14)29-13-15-5-6-16(23)12-18(15)24/h3-8,11-12H,2,9-10,13H2,1H3/b19-11-. The molecule has 9 heteroatoms. The lowest BCUT2D eigenvalue weighted by Crippen LogP contribution is -2.30. The van der Waals surface area contributed by atoms with Gasteiger partial charge in [0.05, 0.1) is 17.9 Å². The summed E-state index contributed by atoms with van der Waals surface area (Å²) in [4.78, 5) is 26.1. The Labute approximate surface area is 200 Å². The van der Waals surface area contributed by atoms with Gasteiger partial charge in [0, 0.05) is 22.2 Å². The molecule has 1 amide bonds. The number of carbonyl (C=O) groups excluding carboxylic acids is 2. The average molecular weight is 496 g/mol. The monoisotopic (exact) mass is 495 g/mol. The van der Waals surface area contributed by atoms with Crippen LogP contribution in [0.25, 0.3) is 6.08 Å². The first kappa shape index (κ1) is 23.6. The van der Waals surface area contributed by atoms with Crippen molar-refractivity contribution in [3.63, 3.8) is 0 Å². The number of hydrogen-bond acceptors (Lipinski definition) is 6. The fraction of sp³-hybridized carbons (Fsp3) is 0.227. The van der Waals surface area contributed by atoms with Crippen LogP contribution in [-0.2, 0) is 20.9 Å². The fourth-order valence-electron chi connectivity index (χ4n) is 2.74. The third kappa shape index (κ3) is 6.46. The molecule has 0 saturated carbocycles. The number of hydrogen-bond donors (Lipinski definition) is 0. The van der Waals surface area contributed by atoms with E-state index in [-0.39, 0.29) is 24.8 Å². The number of thiocarbonyl (C=S) groups is 1. The molecular formula is C22H19Cl2NO4S2. The van der Waals surface area contributed by atoms with Crippen molar-refractivity contribution in [1.29, 1.82) is 0 Å². The van der Waals surface area contributed by atoms with Crippen molar-refractivity contribution in [3.05, 3.63) is 68.5 Å². The van der Waals surface area contributed by atoms with E-state index in [1.807, 2.05) is 30.3 Å². The Kier molecular flexibility index (Phi) is 8.37. The summed E-state index contributed by atoms with van der Waals surface area (Å²) in [6.45, 7) is 2.57. The van der Waals surface area contributed by atoms with E-state index in [1.54, 1.807) is 25.1 Å². The second kappa shape index (κ2) is 11.0. The minimum atomic E-state index is -0.351. The molecular weight excluding hydrogens is 477 g/mol. The van der Waals surface area contributed by atoms with Gasteiger partial charge in [0.15, 0.2) is 0 Å². The fourth-order valence-corrected chi connectivity index (χ4v) is 4.51. The van der Waals surface area contributed by atoms with Crippen molar-refractivity contribution in [3.8, 4) is 5.75 Å². The first-order chi connectivity index (χ1) is 14.9. The average Bonchev–Trinajstić information content (AvgIpc) is 2.99. The third-order valence-corrected chi connectivity index (χ3v) is 6.27. The first-order valence-corrected chi connectivity index (χ1v) is 11.4. The van der Waals surface area contributed by atoms with Crippen LogP contribution in [-0.4, -0.2) is 34.2 Å². The largest absolute Gasteiger partial charge is 0.489 e. The zero-order valence-electron chi connectivity index (χ0n) is 16.6. The quantitative estimate of drug-likeness (QED) is 0.265. The van der Waals surface area contributed by atoms with Crippen molar-refractivity contribution in [2.45, 2.75) is 20.0 Å².